The lowest BCUT2D eigenvalue weighted by molar-refractivity contribution is -0.152. The third-order valence-electron chi connectivity index (χ3n) is 4.98. The third-order valence-corrected chi connectivity index (χ3v) is 4.98. The molecule has 0 radical (unpaired) electrons. The SMILES string of the molecule is CCCCCCCCCCCCCC(=O)O[C@H]1CNC(=O)[C@H](NC(C)=O)C1. The normalized spacial score (nSPS) is 19.4. The van der Waals surface area contributed by atoms with E-state index in [0.29, 0.717) is 19.4 Å². The Morgan fingerprint density at radius 3 is 2.11 bits per heavy atom. The van der Waals surface area contributed by atoms with Crippen LogP contribution in [0.3, 0.4) is 0 Å². The van der Waals surface area contributed by atoms with Crippen LogP contribution in [0.4, 0.5) is 0 Å². The first-order valence-corrected chi connectivity index (χ1v) is 10.8. The maximum Gasteiger partial charge on any atom is 0.306 e. The molecule has 2 N–H and O–H groups in total. The second-order valence-electron chi connectivity index (χ2n) is 7.63. The summed E-state index contributed by atoms with van der Waals surface area (Å²) in [6, 6.07) is -0.615. The van der Waals surface area contributed by atoms with Crippen molar-refractivity contribution in [3.05, 3.63) is 0 Å². The lowest BCUT2D eigenvalue weighted by atomic mass is 10.0. The predicted molar refractivity (Wildman–Crippen MR) is 106 cm³/mol. The Kier molecular flexibility index (Phi) is 12.6. The van der Waals surface area contributed by atoms with Crippen molar-refractivity contribution in [3.63, 3.8) is 0 Å². The molecule has 0 aromatic heterocycles. The minimum absolute atomic E-state index is 0.214. The molecule has 0 aliphatic carbocycles. The van der Waals surface area contributed by atoms with Crippen molar-refractivity contribution < 1.29 is 19.1 Å². The zero-order chi connectivity index (χ0) is 19.9. The number of rotatable bonds is 14. The maximum atomic E-state index is 12.0. The van der Waals surface area contributed by atoms with Crippen LogP contribution in [0.2, 0.25) is 0 Å². The highest BCUT2D eigenvalue weighted by Gasteiger charge is 2.31. The van der Waals surface area contributed by atoms with E-state index < -0.39 is 6.04 Å². The molecule has 1 fully saturated rings. The van der Waals surface area contributed by atoms with Gasteiger partial charge in [0.1, 0.15) is 12.1 Å². The van der Waals surface area contributed by atoms with Crippen molar-refractivity contribution in [2.75, 3.05) is 6.54 Å². The number of unbranched alkanes of at least 4 members (excludes halogenated alkanes) is 10. The van der Waals surface area contributed by atoms with E-state index in [4.69, 9.17) is 4.74 Å². The first kappa shape index (κ1) is 23.4. The van der Waals surface area contributed by atoms with E-state index in [1.54, 1.807) is 0 Å². The van der Waals surface area contributed by atoms with Gasteiger partial charge in [0.25, 0.3) is 0 Å². The summed E-state index contributed by atoms with van der Waals surface area (Å²) in [5.41, 5.74) is 0. The molecule has 0 aromatic rings. The fourth-order valence-corrected chi connectivity index (χ4v) is 3.43. The second kappa shape index (κ2) is 14.5. The monoisotopic (exact) mass is 382 g/mol. The van der Waals surface area contributed by atoms with Crippen LogP contribution in [0.25, 0.3) is 0 Å². The smallest absolute Gasteiger partial charge is 0.306 e. The van der Waals surface area contributed by atoms with Gasteiger partial charge in [-0.2, -0.15) is 0 Å². The molecule has 6 nitrogen and oxygen atoms in total. The van der Waals surface area contributed by atoms with E-state index in [9.17, 15) is 14.4 Å². The van der Waals surface area contributed by atoms with Gasteiger partial charge in [-0.3, -0.25) is 14.4 Å². The maximum absolute atomic E-state index is 12.0. The number of piperidine rings is 1. The van der Waals surface area contributed by atoms with E-state index in [2.05, 4.69) is 17.6 Å². The van der Waals surface area contributed by atoms with Crippen molar-refractivity contribution in [3.8, 4) is 0 Å². The average molecular weight is 383 g/mol. The van der Waals surface area contributed by atoms with Crippen LogP contribution in [0.5, 0.6) is 0 Å². The molecular formula is C21H38N2O4. The minimum Gasteiger partial charge on any atom is -0.460 e. The zero-order valence-corrected chi connectivity index (χ0v) is 17.2. The molecule has 1 saturated heterocycles. The fraction of sp³-hybridized carbons (Fsp3) is 0.857. The summed E-state index contributed by atoms with van der Waals surface area (Å²) in [5.74, 6) is -0.695. The Morgan fingerprint density at radius 1 is 1.00 bits per heavy atom. The summed E-state index contributed by atoms with van der Waals surface area (Å²) in [7, 11) is 0. The summed E-state index contributed by atoms with van der Waals surface area (Å²) in [6.07, 6.45) is 14.1. The largest absolute Gasteiger partial charge is 0.460 e. The number of hydrogen-bond acceptors (Lipinski definition) is 4. The lowest BCUT2D eigenvalue weighted by Gasteiger charge is -2.29. The van der Waals surface area contributed by atoms with Crippen molar-refractivity contribution in [2.24, 2.45) is 0 Å². The van der Waals surface area contributed by atoms with Crippen LogP contribution < -0.4 is 10.6 Å². The Bertz CT molecular complexity index is 453. The Labute approximate surface area is 164 Å². The Hall–Kier alpha value is -1.59. The molecule has 6 heteroatoms. The van der Waals surface area contributed by atoms with Crippen molar-refractivity contribution in [1.82, 2.24) is 10.6 Å². The molecule has 1 aliphatic rings. The van der Waals surface area contributed by atoms with Gasteiger partial charge in [-0.25, -0.2) is 0 Å². The Balaban J connectivity index is 2.01. The molecule has 2 amide bonds. The van der Waals surface area contributed by atoms with Gasteiger partial charge in [0.15, 0.2) is 0 Å². The first-order valence-electron chi connectivity index (χ1n) is 10.8. The summed E-state index contributed by atoms with van der Waals surface area (Å²) < 4.78 is 5.44. The van der Waals surface area contributed by atoms with Gasteiger partial charge in [-0.1, -0.05) is 71.1 Å². The summed E-state index contributed by atoms with van der Waals surface area (Å²) in [6.45, 7) is 3.93. The number of carbonyl (C=O) groups excluding carboxylic acids is 3. The summed E-state index contributed by atoms with van der Waals surface area (Å²) >= 11 is 0. The van der Waals surface area contributed by atoms with E-state index in [0.717, 1.165) is 12.8 Å². The van der Waals surface area contributed by atoms with Gasteiger partial charge >= 0.3 is 5.97 Å². The van der Waals surface area contributed by atoms with Crippen LogP contribution in [0, 0.1) is 0 Å². The average Bonchev–Trinajstić information content (AvgIpc) is 2.62. The first-order chi connectivity index (χ1) is 13.0. The van der Waals surface area contributed by atoms with Crippen LogP contribution in [-0.2, 0) is 19.1 Å². The molecule has 2 atom stereocenters. The highest BCUT2D eigenvalue weighted by Crippen LogP contribution is 2.14. The second-order valence-corrected chi connectivity index (χ2v) is 7.63. The molecule has 27 heavy (non-hydrogen) atoms. The van der Waals surface area contributed by atoms with Crippen LogP contribution in [0.1, 0.15) is 97.3 Å². The topological polar surface area (TPSA) is 84.5 Å². The molecule has 1 rings (SSSR count). The molecular weight excluding hydrogens is 344 g/mol. The van der Waals surface area contributed by atoms with Crippen molar-refractivity contribution >= 4 is 17.8 Å². The number of nitrogens with one attached hydrogen (secondary N) is 2. The Morgan fingerprint density at radius 2 is 1.56 bits per heavy atom. The number of carbonyl (C=O) groups is 3. The third kappa shape index (κ3) is 11.7. The molecule has 0 unspecified atom stereocenters. The van der Waals surface area contributed by atoms with Gasteiger partial charge in [0.2, 0.25) is 11.8 Å². The minimum atomic E-state index is -0.615. The van der Waals surface area contributed by atoms with Crippen LogP contribution in [0.15, 0.2) is 0 Å². The van der Waals surface area contributed by atoms with E-state index in [1.807, 2.05) is 0 Å². The number of ether oxygens (including phenoxy) is 1. The molecule has 0 spiro atoms. The zero-order valence-electron chi connectivity index (χ0n) is 17.2. The predicted octanol–water partition coefficient (Wildman–Crippen LogP) is 3.62. The summed E-state index contributed by atoms with van der Waals surface area (Å²) in [5, 5.41) is 5.26. The molecule has 1 heterocycles. The highest BCUT2D eigenvalue weighted by molar-refractivity contribution is 5.87. The van der Waals surface area contributed by atoms with E-state index in [-0.39, 0.29) is 23.9 Å². The van der Waals surface area contributed by atoms with Gasteiger partial charge in [0.05, 0.1) is 6.54 Å². The van der Waals surface area contributed by atoms with Gasteiger partial charge in [-0.15, -0.1) is 0 Å². The van der Waals surface area contributed by atoms with Crippen molar-refractivity contribution in [2.45, 2.75) is 109 Å². The number of esters is 1. The number of hydrogen-bond donors (Lipinski definition) is 2. The molecule has 0 saturated carbocycles. The number of amides is 2. The van der Waals surface area contributed by atoms with Crippen LogP contribution >= 0.6 is 0 Å². The van der Waals surface area contributed by atoms with Crippen molar-refractivity contribution in [1.29, 1.82) is 0 Å². The quantitative estimate of drug-likeness (QED) is 0.355. The molecule has 0 aromatic carbocycles. The van der Waals surface area contributed by atoms with E-state index in [1.165, 1.54) is 64.7 Å². The summed E-state index contributed by atoms with van der Waals surface area (Å²) in [4.78, 5) is 34.8. The van der Waals surface area contributed by atoms with Gasteiger partial charge in [0, 0.05) is 19.8 Å². The highest BCUT2D eigenvalue weighted by atomic mass is 16.5. The molecule has 1 aliphatic heterocycles. The van der Waals surface area contributed by atoms with E-state index >= 15 is 0 Å². The van der Waals surface area contributed by atoms with Gasteiger partial charge in [-0.05, 0) is 6.42 Å². The standard InChI is InChI=1S/C21H38N2O4/c1-3-4-5-6-7-8-9-10-11-12-13-14-20(25)27-18-15-19(23-17(2)24)21(26)22-16-18/h18-19H,3-16H2,1-2H3,(H,22,26)(H,23,24)/t18-,19-/m1/s1. The lowest BCUT2D eigenvalue weighted by Crippen LogP contribution is -2.55. The molecule has 0 bridgehead atoms. The van der Waals surface area contributed by atoms with Gasteiger partial charge < -0.3 is 15.4 Å². The fourth-order valence-electron chi connectivity index (χ4n) is 3.43. The van der Waals surface area contributed by atoms with Crippen LogP contribution in [-0.4, -0.2) is 36.5 Å². The molecule has 156 valence electrons.